The van der Waals surface area contributed by atoms with Crippen LogP contribution in [0.1, 0.15) is 21.5 Å². The number of halogens is 2. The maximum absolute atomic E-state index is 12.7. The zero-order valence-electron chi connectivity index (χ0n) is 17.5. The van der Waals surface area contributed by atoms with Gasteiger partial charge >= 0.3 is 5.97 Å². The van der Waals surface area contributed by atoms with Crippen LogP contribution in [-0.2, 0) is 16.1 Å². The topological polar surface area (TPSA) is 88.4 Å². The summed E-state index contributed by atoms with van der Waals surface area (Å²) >= 11 is 9.52. The Balaban J connectivity index is 1.78. The van der Waals surface area contributed by atoms with Crippen LogP contribution in [0, 0.1) is 11.3 Å². The van der Waals surface area contributed by atoms with Crippen LogP contribution in [0.3, 0.4) is 0 Å². The predicted molar refractivity (Wildman–Crippen MR) is 130 cm³/mol. The van der Waals surface area contributed by atoms with Crippen molar-refractivity contribution in [1.82, 2.24) is 0 Å². The van der Waals surface area contributed by atoms with Gasteiger partial charge in [-0.25, -0.2) is 4.79 Å². The van der Waals surface area contributed by atoms with E-state index in [1.165, 1.54) is 25.3 Å². The molecule has 0 fully saturated rings. The Hall–Kier alpha value is -3.60. The average Bonchev–Trinajstić information content (AvgIpc) is 2.82. The normalized spacial score (nSPS) is 10.8. The summed E-state index contributed by atoms with van der Waals surface area (Å²) in [6, 6.07) is 20.7. The van der Waals surface area contributed by atoms with Gasteiger partial charge in [0.05, 0.1) is 12.7 Å². The third-order valence-electron chi connectivity index (χ3n) is 4.51. The number of carbonyl (C=O) groups excluding carboxylic acids is 2. The minimum atomic E-state index is -0.609. The average molecular weight is 526 g/mol. The molecule has 0 saturated carbocycles. The number of ether oxygens (including phenoxy) is 2. The molecule has 1 N–H and O–H groups in total. The number of carbonyl (C=O) groups is 2. The van der Waals surface area contributed by atoms with Gasteiger partial charge in [0.2, 0.25) is 0 Å². The molecule has 33 heavy (non-hydrogen) atoms. The summed E-state index contributed by atoms with van der Waals surface area (Å²) in [4.78, 5) is 24.2. The molecule has 0 unspecified atom stereocenters. The van der Waals surface area contributed by atoms with E-state index in [-0.39, 0.29) is 5.57 Å². The number of amides is 1. The van der Waals surface area contributed by atoms with Gasteiger partial charge in [-0.1, -0.05) is 39.7 Å². The van der Waals surface area contributed by atoms with Crippen molar-refractivity contribution in [3.05, 3.63) is 98.5 Å². The first-order valence-corrected chi connectivity index (χ1v) is 10.8. The molecular formula is C25H18BrClN2O4. The Morgan fingerprint density at radius 2 is 1.79 bits per heavy atom. The molecule has 0 atom stereocenters. The second kappa shape index (κ2) is 11.3. The summed E-state index contributed by atoms with van der Waals surface area (Å²) in [6.45, 7) is 0.302. The van der Waals surface area contributed by atoms with E-state index in [4.69, 9.17) is 16.3 Å². The van der Waals surface area contributed by atoms with Crippen LogP contribution < -0.4 is 10.1 Å². The summed E-state index contributed by atoms with van der Waals surface area (Å²) in [5.74, 6) is -0.616. The molecule has 3 rings (SSSR count). The minimum Gasteiger partial charge on any atom is -0.488 e. The zero-order chi connectivity index (χ0) is 23.8. The molecule has 3 aromatic carbocycles. The van der Waals surface area contributed by atoms with Crippen molar-refractivity contribution in [2.75, 3.05) is 12.4 Å². The fraction of sp³-hybridized carbons (Fsp3) is 0.0800. The van der Waals surface area contributed by atoms with Gasteiger partial charge in [0.15, 0.2) is 0 Å². The van der Waals surface area contributed by atoms with Crippen molar-refractivity contribution in [1.29, 1.82) is 5.26 Å². The lowest BCUT2D eigenvalue weighted by molar-refractivity contribution is -0.112. The van der Waals surface area contributed by atoms with E-state index in [9.17, 15) is 14.9 Å². The molecule has 0 radical (unpaired) electrons. The maximum Gasteiger partial charge on any atom is 0.337 e. The van der Waals surface area contributed by atoms with Crippen LogP contribution in [0.4, 0.5) is 5.69 Å². The minimum absolute atomic E-state index is 0.136. The molecule has 3 aromatic rings. The Morgan fingerprint density at radius 1 is 1.09 bits per heavy atom. The van der Waals surface area contributed by atoms with Gasteiger partial charge in [-0.2, -0.15) is 5.26 Å². The Morgan fingerprint density at radius 3 is 2.42 bits per heavy atom. The lowest BCUT2D eigenvalue weighted by atomic mass is 10.1. The first-order valence-electron chi connectivity index (χ1n) is 9.68. The first-order chi connectivity index (χ1) is 15.9. The van der Waals surface area contributed by atoms with Crippen LogP contribution in [0.25, 0.3) is 6.08 Å². The van der Waals surface area contributed by atoms with Gasteiger partial charge in [0, 0.05) is 20.7 Å². The third-order valence-corrected chi connectivity index (χ3v) is 5.27. The van der Waals surface area contributed by atoms with E-state index in [1.54, 1.807) is 30.3 Å². The fourth-order valence-corrected chi connectivity index (χ4v) is 3.26. The van der Waals surface area contributed by atoms with Crippen LogP contribution in [-0.4, -0.2) is 19.0 Å². The number of hydrogen-bond donors (Lipinski definition) is 1. The van der Waals surface area contributed by atoms with Crippen molar-refractivity contribution < 1.29 is 19.1 Å². The summed E-state index contributed by atoms with van der Waals surface area (Å²) in [5.41, 5.74) is 2.08. The molecule has 1 amide bonds. The molecular weight excluding hydrogens is 508 g/mol. The SMILES string of the molecule is COC(=O)c1ccc(NC(=O)/C(C#N)=C/c2cc(Cl)ccc2OCc2ccc(Br)cc2)cc1. The number of esters is 1. The highest BCUT2D eigenvalue weighted by atomic mass is 79.9. The summed E-state index contributed by atoms with van der Waals surface area (Å²) in [7, 11) is 1.29. The molecule has 0 aliphatic carbocycles. The van der Waals surface area contributed by atoms with Gasteiger partial charge in [-0.15, -0.1) is 0 Å². The second-order valence-corrected chi connectivity index (χ2v) is 8.14. The van der Waals surface area contributed by atoms with Crippen molar-refractivity contribution >= 4 is 51.2 Å². The number of anilines is 1. The molecule has 0 heterocycles. The number of nitrogens with one attached hydrogen (secondary N) is 1. The third kappa shape index (κ3) is 6.69. The highest BCUT2D eigenvalue weighted by Gasteiger charge is 2.13. The van der Waals surface area contributed by atoms with Crippen molar-refractivity contribution in [2.45, 2.75) is 6.61 Å². The number of rotatable bonds is 7. The maximum atomic E-state index is 12.7. The molecule has 0 saturated heterocycles. The van der Waals surface area contributed by atoms with Crippen molar-refractivity contribution in [3.8, 4) is 11.8 Å². The smallest absolute Gasteiger partial charge is 0.337 e. The van der Waals surface area contributed by atoms with E-state index in [0.717, 1.165) is 10.0 Å². The lowest BCUT2D eigenvalue weighted by Crippen LogP contribution is -2.13. The van der Waals surface area contributed by atoms with E-state index in [0.29, 0.717) is 34.2 Å². The fourth-order valence-electron chi connectivity index (χ4n) is 2.82. The van der Waals surface area contributed by atoms with E-state index < -0.39 is 11.9 Å². The lowest BCUT2D eigenvalue weighted by Gasteiger charge is -2.11. The summed E-state index contributed by atoms with van der Waals surface area (Å²) < 4.78 is 11.5. The molecule has 0 aromatic heterocycles. The number of nitrogens with zero attached hydrogens (tertiary/aromatic N) is 1. The molecule has 0 aliphatic rings. The zero-order valence-corrected chi connectivity index (χ0v) is 19.8. The number of methoxy groups -OCH3 is 1. The van der Waals surface area contributed by atoms with Crippen LogP contribution in [0.15, 0.2) is 76.8 Å². The van der Waals surface area contributed by atoms with E-state index >= 15 is 0 Å². The van der Waals surface area contributed by atoms with Crippen molar-refractivity contribution in [2.24, 2.45) is 0 Å². The van der Waals surface area contributed by atoms with Crippen molar-refractivity contribution in [3.63, 3.8) is 0 Å². The second-order valence-electron chi connectivity index (χ2n) is 6.79. The monoisotopic (exact) mass is 524 g/mol. The highest BCUT2D eigenvalue weighted by molar-refractivity contribution is 9.10. The number of hydrogen-bond acceptors (Lipinski definition) is 5. The van der Waals surface area contributed by atoms with E-state index in [2.05, 4.69) is 26.0 Å². The highest BCUT2D eigenvalue weighted by Crippen LogP contribution is 2.27. The molecule has 6 nitrogen and oxygen atoms in total. The van der Waals surface area contributed by atoms with Gasteiger partial charge < -0.3 is 14.8 Å². The van der Waals surface area contributed by atoms with Crippen LogP contribution >= 0.6 is 27.5 Å². The standard InChI is InChI=1S/C25H18BrClN2O4/c1-32-25(31)17-4-9-22(10-5-17)29-24(30)19(14-28)12-18-13-21(27)8-11-23(18)33-15-16-2-6-20(26)7-3-16/h2-13H,15H2,1H3,(H,29,30)/b19-12+. The summed E-state index contributed by atoms with van der Waals surface area (Å²) in [5, 5.41) is 12.6. The van der Waals surface area contributed by atoms with E-state index in [1.807, 2.05) is 30.3 Å². The Labute approximate surface area is 204 Å². The van der Waals surface area contributed by atoms with Gasteiger partial charge in [-0.05, 0) is 66.2 Å². The molecule has 166 valence electrons. The van der Waals surface area contributed by atoms with Crippen LogP contribution in [0.2, 0.25) is 5.02 Å². The van der Waals surface area contributed by atoms with Gasteiger partial charge in [0.1, 0.15) is 24.0 Å². The molecule has 8 heteroatoms. The van der Waals surface area contributed by atoms with Gasteiger partial charge in [-0.3, -0.25) is 4.79 Å². The molecule has 0 bridgehead atoms. The predicted octanol–water partition coefficient (Wildman–Crippen LogP) is 6.01. The molecule has 0 spiro atoms. The Kier molecular flexibility index (Phi) is 8.25. The van der Waals surface area contributed by atoms with Gasteiger partial charge in [0.25, 0.3) is 5.91 Å². The quantitative estimate of drug-likeness (QED) is 0.232. The van der Waals surface area contributed by atoms with Crippen LogP contribution in [0.5, 0.6) is 5.75 Å². The number of benzene rings is 3. The number of nitriles is 1. The Bertz CT molecular complexity index is 1230. The first kappa shape index (κ1) is 24.1. The summed E-state index contributed by atoms with van der Waals surface area (Å²) in [6.07, 6.45) is 1.42. The molecule has 0 aliphatic heterocycles. The largest absolute Gasteiger partial charge is 0.488 e.